The number of aliphatic hydroxyl groups is 1. The molecule has 1 aliphatic heterocycles. The molecule has 17 heavy (non-hydrogen) atoms. The van der Waals surface area contributed by atoms with E-state index in [1.807, 2.05) is 11.8 Å². The van der Waals surface area contributed by atoms with Crippen molar-refractivity contribution in [1.29, 1.82) is 0 Å². The van der Waals surface area contributed by atoms with Gasteiger partial charge >= 0.3 is 0 Å². The summed E-state index contributed by atoms with van der Waals surface area (Å²) in [6.45, 7) is 4.45. The van der Waals surface area contributed by atoms with E-state index < -0.39 is 0 Å². The Hall–Kier alpha value is -0.470. The van der Waals surface area contributed by atoms with Crippen LogP contribution in [0.2, 0.25) is 0 Å². The average Bonchev–Trinajstić information content (AvgIpc) is 2.77. The maximum Gasteiger partial charge on any atom is 0.104 e. The molecule has 1 aromatic heterocycles. The molecule has 0 radical (unpaired) electrons. The van der Waals surface area contributed by atoms with Crippen LogP contribution in [0.3, 0.4) is 0 Å². The number of rotatable bonds is 2. The molecule has 1 N–H and O–H groups in total. The lowest BCUT2D eigenvalue weighted by atomic mass is 10.2. The van der Waals surface area contributed by atoms with Crippen LogP contribution in [-0.2, 0) is 6.54 Å². The summed E-state index contributed by atoms with van der Waals surface area (Å²) in [7, 11) is 0. The molecule has 1 atom stereocenters. The molecule has 1 fully saturated rings. The lowest BCUT2D eigenvalue weighted by Gasteiger charge is -2.32. The molecule has 92 valence electrons. The zero-order valence-corrected chi connectivity index (χ0v) is 11.6. The largest absolute Gasteiger partial charge is 0.384 e. The van der Waals surface area contributed by atoms with E-state index in [-0.39, 0.29) is 6.61 Å². The van der Waals surface area contributed by atoms with Crippen LogP contribution in [0.5, 0.6) is 0 Å². The highest BCUT2D eigenvalue weighted by Gasteiger charge is 2.18. The van der Waals surface area contributed by atoms with Crippen molar-refractivity contribution >= 4 is 23.1 Å². The van der Waals surface area contributed by atoms with Crippen LogP contribution in [-0.4, -0.2) is 40.7 Å². The molecule has 1 unspecified atom stereocenters. The number of hydrogen-bond donors (Lipinski definition) is 1. The summed E-state index contributed by atoms with van der Waals surface area (Å²) in [6, 6.07) is 2.81. The Morgan fingerprint density at radius 1 is 1.59 bits per heavy atom. The Balaban J connectivity index is 1.96. The molecule has 2 rings (SSSR count). The fourth-order valence-corrected chi connectivity index (χ4v) is 3.79. The smallest absolute Gasteiger partial charge is 0.104 e. The second-order valence-corrected chi connectivity index (χ2v) is 6.30. The Morgan fingerprint density at radius 3 is 3.24 bits per heavy atom. The fraction of sp³-hybridized carbons (Fsp3) is 0.538. The van der Waals surface area contributed by atoms with Crippen LogP contribution in [0, 0.1) is 11.8 Å². The maximum absolute atomic E-state index is 8.65. The van der Waals surface area contributed by atoms with Gasteiger partial charge in [0.05, 0.1) is 0 Å². The molecule has 2 heterocycles. The quantitative estimate of drug-likeness (QED) is 0.830. The minimum absolute atomic E-state index is 0.0639. The summed E-state index contributed by atoms with van der Waals surface area (Å²) in [5, 5.41) is 10.7. The van der Waals surface area contributed by atoms with Gasteiger partial charge in [0.25, 0.3) is 0 Å². The van der Waals surface area contributed by atoms with E-state index in [0.29, 0.717) is 6.04 Å². The first-order valence-electron chi connectivity index (χ1n) is 5.78. The van der Waals surface area contributed by atoms with Crippen LogP contribution in [0.4, 0.5) is 0 Å². The minimum atomic E-state index is -0.0639. The van der Waals surface area contributed by atoms with Crippen molar-refractivity contribution in [3.63, 3.8) is 0 Å². The third kappa shape index (κ3) is 3.75. The molecule has 0 aliphatic carbocycles. The van der Waals surface area contributed by atoms with E-state index in [0.717, 1.165) is 12.1 Å². The average molecular weight is 267 g/mol. The van der Waals surface area contributed by atoms with Crippen LogP contribution in [0.15, 0.2) is 11.4 Å². The van der Waals surface area contributed by atoms with Crippen molar-refractivity contribution in [2.75, 3.05) is 24.7 Å². The molecular weight excluding hydrogens is 250 g/mol. The Morgan fingerprint density at radius 2 is 2.47 bits per heavy atom. The van der Waals surface area contributed by atoms with Crippen LogP contribution >= 0.6 is 23.1 Å². The maximum atomic E-state index is 8.65. The van der Waals surface area contributed by atoms with Crippen LogP contribution < -0.4 is 0 Å². The van der Waals surface area contributed by atoms with Crippen molar-refractivity contribution in [3.8, 4) is 11.8 Å². The summed E-state index contributed by atoms with van der Waals surface area (Å²) < 4.78 is 0. The van der Waals surface area contributed by atoms with Gasteiger partial charge < -0.3 is 5.11 Å². The van der Waals surface area contributed by atoms with Gasteiger partial charge in [-0.2, -0.15) is 11.8 Å². The number of nitrogens with zero attached hydrogens (tertiary/aromatic N) is 1. The van der Waals surface area contributed by atoms with Gasteiger partial charge in [-0.05, 0) is 13.0 Å². The molecule has 0 bridgehead atoms. The first-order valence-corrected chi connectivity index (χ1v) is 7.82. The third-order valence-corrected chi connectivity index (χ3v) is 4.94. The van der Waals surface area contributed by atoms with Crippen LogP contribution in [0.25, 0.3) is 0 Å². The molecule has 4 heteroatoms. The highest BCUT2D eigenvalue weighted by molar-refractivity contribution is 7.99. The fourth-order valence-electron chi connectivity index (χ4n) is 1.87. The van der Waals surface area contributed by atoms with E-state index >= 15 is 0 Å². The monoisotopic (exact) mass is 267 g/mol. The van der Waals surface area contributed by atoms with Crippen molar-refractivity contribution < 1.29 is 5.11 Å². The number of thiophene rings is 1. The third-order valence-electron chi connectivity index (χ3n) is 2.83. The van der Waals surface area contributed by atoms with Crippen molar-refractivity contribution in [2.45, 2.75) is 19.5 Å². The molecule has 0 amide bonds. The molecule has 0 spiro atoms. The first-order chi connectivity index (χ1) is 8.29. The summed E-state index contributed by atoms with van der Waals surface area (Å²) >= 11 is 3.81. The van der Waals surface area contributed by atoms with Gasteiger partial charge in [-0.3, -0.25) is 4.90 Å². The second-order valence-electron chi connectivity index (χ2n) is 4.16. The van der Waals surface area contributed by atoms with E-state index in [2.05, 4.69) is 35.1 Å². The molecule has 0 saturated carbocycles. The SMILES string of the molecule is CC1CSCCN1Cc1cc(C#CCO)cs1. The van der Waals surface area contributed by atoms with E-state index in [4.69, 9.17) is 5.11 Å². The standard InChI is InChI=1S/C13H17NOS2/c1-11-9-16-6-4-14(11)8-13-7-12(10-17-13)3-2-5-15/h7,10-11,15H,4-6,8-9H2,1H3. The Bertz CT molecular complexity index is 419. The van der Waals surface area contributed by atoms with Crippen LogP contribution in [0.1, 0.15) is 17.4 Å². The highest BCUT2D eigenvalue weighted by atomic mass is 32.2. The zero-order chi connectivity index (χ0) is 12.1. The summed E-state index contributed by atoms with van der Waals surface area (Å²) in [4.78, 5) is 3.90. The van der Waals surface area contributed by atoms with Crippen molar-refractivity contribution in [2.24, 2.45) is 0 Å². The normalized spacial score (nSPS) is 20.9. The van der Waals surface area contributed by atoms with Gasteiger partial charge in [0, 0.05) is 46.5 Å². The Kier molecular flexibility index (Phi) is 4.93. The summed E-state index contributed by atoms with van der Waals surface area (Å²) in [6.07, 6.45) is 0. The van der Waals surface area contributed by atoms with Gasteiger partial charge in [-0.15, -0.1) is 11.3 Å². The predicted octanol–water partition coefficient (Wildman–Crippen LogP) is 2.03. The zero-order valence-electron chi connectivity index (χ0n) is 9.98. The number of aliphatic hydroxyl groups excluding tert-OH is 1. The van der Waals surface area contributed by atoms with E-state index in [9.17, 15) is 0 Å². The van der Waals surface area contributed by atoms with Gasteiger partial charge in [0.1, 0.15) is 6.61 Å². The minimum Gasteiger partial charge on any atom is -0.384 e. The molecule has 1 aromatic rings. The predicted molar refractivity (Wildman–Crippen MR) is 75.5 cm³/mol. The summed E-state index contributed by atoms with van der Waals surface area (Å²) in [5.41, 5.74) is 1.03. The molecular formula is C13H17NOS2. The second kappa shape index (κ2) is 6.46. The molecule has 2 nitrogen and oxygen atoms in total. The van der Waals surface area contributed by atoms with Gasteiger partial charge in [0.15, 0.2) is 0 Å². The first kappa shape index (κ1) is 13.0. The Labute approximate surface area is 111 Å². The molecule has 0 aromatic carbocycles. The lowest BCUT2D eigenvalue weighted by molar-refractivity contribution is 0.226. The summed E-state index contributed by atoms with van der Waals surface area (Å²) in [5.74, 6) is 8.12. The molecule has 1 saturated heterocycles. The highest BCUT2D eigenvalue weighted by Crippen LogP contribution is 2.21. The van der Waals surface area contributed by atoms with Gasteiger partial charge in [0.2, 0.25) is 0 Å². The van der Waals surface area contributed by atoms with Crippen molar-refractivity contribution in [1.82, 2.24) is 4.90 Å². The number of thioether (sulfide) groups is 1. The molecule has 1 aliphatic rings. The topological polar surface area (TPSA) is 23.5 Å². The van der Waals surface area contributed by atoms with E-state index in [1.165, 1.54) is 22.9 Å². The number of hydrogen-bond acceptors (Lipinski definition) is 4. The lowest BCUT2D eigenvalue weighted by Crippen LogP contribution is -2.39. The van der Waals surface area contributed by atoms with Crippen molar-refractivity contribution in [3.05, 3.63) is 21.9 Å². The van der Waals surface area contributed by atoms with Gasteiger partial charge in [-0.25, -0.2) is 0 Å². The van der Waals surface area contributed by atoms with E-state index in [1.54, 1.807) is 11.3 Å². The van der Waals surface area contributed by atoms with Gasteiger partial charge in [-0.1, -0.05) is 11.8 Å².